The van der Waals surface area contributed by atoms with Gasteiger partial charge in [0.15, 0.2) is 0 Å². The maximum absolute atomic E-state index is 10.2. The number of hydrogen-bond acceptors (Lipinski definition) is 3. The predicted molar refractivity (Wildman–Crippen MR) is 48.7 cm³/mol. The first-order chi connectivity index (χ1) is 6.18. The Bertz CT molecular complexity index is 172. The lowest BCUT2D eigenvalue weighted by Crippen LogP contribution is -2.37. The Morgan fingerprint density at radius 3 is 3.08 bits per heavy atom. The maximum Gasteiger partial charge on any atom is 0.305 e. The summed E-state index contributed by atoms with van der Waals surface area (Å²) in [6, 6.07) is 0. The molecular formula is C9H17NO3. The van der Waals surface area contributed by atoms with Gasteiger partial charge < -0.3 is 14.7 Å². The number of rotatable bonds is 4. The monoisotopic (exact) mass is 187 g/mol. The van der Waals surface area contributed by atoms with Gasteiger partial charge in [-0.2, -0.15) is 0 Å². The second kappa shape index (κ2) is 5.19. The Morgan fingerprint density at radius 1 is 1.69 bits per heavy atom. The van der Waals surface area contributed by atoms with E-state index >= 15 is 0 Å². The van der Waals surface area contributed by atoms with E-state index in [-0.39, 0.29) is 12.5 Å². The molecule has 1 unspecified atom stereocenters. The number of aliphatic carboxylic acids is 1. The van der Waals surface area contributed by atoms with Gasteiger partial charge in [-0.1, -0.05) is 0 Å². The van der Waals surface area contributed by atoms with Gasteiger partial charge in [0, 0.05) is 6.54 Å². The molecular weight excluding hydrogens is 170 g/mol. The molecule has 1 N–H and O–H groups in total. The topological polar surface area (TPSA) is 49.8 Å². The molecule has 1 aliphatic heterocycles. The molecule has 1 fully saturated rings. The number of carbonyl (C=O) groups is 1. The highest BCUT2D eigenvalue weighted by atomic mass is 16.5. The molecule has 76 valence electrons. The van der Waals surface area contributed by atoms with Gasteiger partial charge in [-0.25, -0.2) is 0 Å². The standard InChI is InChI=1S/C9H17NO3/c1-10-5-2-3-8(7-10)13-6-4-9(11)12/h8H,2-7H2,1H3,(H,11,12). The molecule has 0 saturated carbocycles. The summed E-state index contributed by atoms with van der Waals surface area (Å²) >= 11 is 0. The lowest BCUT2D eigenvalue weighted by molar-refractivity contribution is -0.138. The number of ether oxygens (including phenoxy) is 1. The van der Waals surface area contributed by atoms with Crippen molar-refractivity contribution in [2.75, 3.05) is 26.7 Å². The minimum Gasteiger partial charge on any atom is -0.481 e. The summed E-state index contributed by atoms with van der Waals surface area (Å²) in [7, 11) is 2.06. The van der Waals surface area contributed by atoms with E-state index in [1.54, 1.807) is 0 Å². The first-order valence-corrected chi connectivity index (χ1v) is 4.70. The molecule has 0 aromatic heterocycles. The molecule has 1 atom stereocenters. The fraction of sp³-hybridized carbons (Fsp3) is 0.889. The van der Waals surface area contributed by atoms with Crippen LogP contribution in [0.25, 0.3) is 0 Å². The Labute approximate surface area is 78.5 Å². The van der Waals surface area contributed by atoms with Crippen molar-refractivity contribution in [1.82, 2.24) is 4.90 Å². The van der Waals surface area contributed by atoms with Crippen LogP contribution in [0.5, 0.6) is 0 Å². The molecule has 0 aromatic carbocycles. The largest absolute Gasteiger partial charge is 0.481 e. The smallest absolute Gasteiger partial charge is 0.305 e. The molecule has 0 bridgehead atoms. The zero-order valence-corrected chi connectivity index (χ0v) is 8.03. The van der Waals surface area contributed by atoms with Crippen molar-refractivity contribution >= 4 is 5.97 Å². The lowest BCUT2D eigenvalue weighted by Gasteiger charge is -2.29. The fourth-order valence-corrected chi connectivity index (χ4v) is 1.57. The fourth-order valence-electron chi connectivity index (χ4n) is 1.57. The molecule has 0 aliphatic carbocycles. The molecule has 0 radical (unpaired) electrons. The lowest BCUT2D eigenvalue weighted by atomic mass is 10.1. The Hall–Kier alpha value is -0.610. The van der Waals surface area contributed by atoms with Gasteiger partial charge in [-0.15, -0.1) is 0 Å². The van der Waals surface area contributed by atoms with Crippen molar-refractivity contribution in [3.8, 4) is 0 Å². The van der Waals surface area contributed by atoms with Crippen LogP contribution in [0.2, 0.25) is 0 Å². The Kier molecular flexibility index (Phi) is 4.18. The third kappa shape index (κ3) is 4.24. The third-order valence-corrected chi connectivity index (χ3v) is 2.25. The summed E-state index contributed by atoms with van der Waals surface area (Å²) in [4.78, 5) is 12.4. The molecule has 1 heterocycles. The molecule has 0 amide bonds. The van der Waals surface area contributed by atoms with E-state index in [9.17, 15) is 4.79 Å². The number of hydrogen-bond donors (Lipinski definition) is 1. The van der Waals surface area contributed by atoms with Crippen molar-refractivity contribution < 1.29 is 14.6 Å². The van der Waals surface area contributed by atoms with Crippen LogP contribution < -0.4 is 0 Å². The normalized spacial score (nSPS) is 24.5. The molecule has 13 heavy (non-hydrogen) atoms. The van der Waals surface area contributed by atoms with Crippen LogP contribution in [0.4, 0.5) is 0 Å². The van der Waals surface area contributed by atoms with Crippen molar-refractivity contribution in [2.24, 2.45) is 0 Å². The highest BCUT2D eigenvalue weighted by Crippen LogP contribution is 2.11. The van der Waals surface area contributed by atoms with Gasteiger partial charge in [0.05, 0.1) is 19.1 Å². The van der Waals surface area contributed by atoms with Crippen molar-refractivity contribution in [1.29, 1.82) is 0 Å². The molecule has 1 saturated heterocycles. The van der Waals surface area contributed by atoms with E-state index in [4.69, 9.17) is 9.84 Å². The molecule has 0 spiro atoms. The average molecular weight is 187 g/mol. The van der Waals surface area contributed by atoms with Crippen LogP contribution in [0.3, 0.4) is 0 Å². The summed E-state index contributed by atoms with van der Waals surface area (Å²) in [5, 5.41) is 8.40. The van der Waals surface area contributed by atoms with Gasteiger partial charge in [0.1, 0.15) is 0 Å². The first-order valence-electron chi connectivity index (χ1n) is 4.70. The van der Waals surface area contributed by atoms with E-state index in [0.29, 0.717) is 6.61 Å². The molecule has 0 aromatic rings. The second-order valence-electron chi connectivity index (χ2n) is 3.54. The van der Waals surface area contributed by atoms with E-state index in [1.165, 1.54) is 0 Å². The molecule has 4 nitrogen and oxygen atoms in total. The minimum absolute atomic E-state index is 0.111. The van der Waals surface area contributed by atoms with Gasteiger partial charge in [0.2, 0.25) is 0 Å². The predicted octanol–water partition coefficient (Wildman–Crippen LogP) is 0.572. The minimum atomic E-state index is -0.788. The van der Waals surface area contributed by atoms with Crippen LogP contribution in [0, 0.1) is 0 Å². The number of nitrogens with zero attached hydrogens (tertiary/aromatic N) is 1. The highest BCUT2D eigenvalue weighted by molar-refractivity contribution is 5.66. The zero-order valence-electron chi connectivity index (χ0n) is 8.03. The first kappa shape index (κ1) is 10.5. The van der Waals surface area contributed by atoms with Gasteiger partial charge >= 0.3 is 5.97 Å². The summed E-state index contributed by atoms with van der Waals surface area (Å²) in [6.45, 7) is 2.40. The van der Waals surface area contributed by atoms with Crippen molar-refractivity contribution in [3.63, 3.8) is 0 Å². The Balaban J connectivity index is 2.10. The summed E-state index contributed by atoms with van der Waals surface area (Å²) in [5.41, 5.74) is 0. The highest BCUT2D eigenvalue weighted by Gasteiger charge is 2.17. The third-order valence-electron chi connectivity index (χ3n) is 2.25. The van der Waals surface area contributed by atoms with Crippen LogP contribution in [-0.4, -0.2) is 48.8 Å². The maximum atomic E-state index is 10.2. The quantitative estimate of drug-likeness (QED) is 0.699. The summed E-state index contributed by atoms with van der Waals surface area (Å²) in [5.74, 6) is -0.788. The van der Waals surface area contributed by atoms with Crippen molar-refractivity contribution in [2.45, 2.75) is 25.4 Å². The van der Waals surface area contributed by atoms with Gasteiger partial charge in [0.25, 0.3) is 0 Å². The molecule has 1 aliphatic rings. The summed E-state index contributed by atoms with van der Waals surface area (Å²) in [6.07, 6.45) is 2.55. The van der Waals surface area contributed by atoms with Crippen LogP contribution in [-0.2, 0) is 9.53 Å². The van der Waals surface area contributed by atoms with Crippen molar-refractivity contribution in [3.05, 3.63) is 0 Å². The molecule has 1 rings (SSSR count). The zero-order chi connectivity index (χ0) is 9.68. The number of piperidine rings is 1. The van der Waals surface area contributed by atoms with E-state index in [1.807, 2.05) is 0 Å². The van der Waals surface area contributed by atoms with E-state index in [0.717, 1.165) is 25.9 Å². The SMILES string of the molecule is CN1CCCC(OCCC(=O)O)C1. The number of likely N-dealkylation sites (N-methyl/N-ethyl adjacent to an activating group) is 1. The molecule has 4 heteroatoms. The van der Waals surface area contributed by atoms with E-state index in [2.05, 4.69) is 11.9 Å². The van der Waals surface area contributed by atoms with E-state index < -0.39 is 5.97 Å². The Morgan fingerprint density at radius 2 is 2.46 bits per heavy atom. The number of carboxylic acid groups (broad SMARTS) is 1. The summed E-state index contributed by atoms with van der Waals surface area (Å²) < 4.78 is 5.44. The van der Waals surface area contributed by atoms with Gasteiger partial charge in [-0.05, 0) is 26.4 Å². The number of carboxylic acids is 1. The van der Waals surface area contributed by atoms with Crippen LogP contribution in [0.1, 0.15) is 19.3 Å². The average Bonchev–Trinajstić information content (AvgIpc) is 2.03. The van der Waals surface area contributed by atoms with Crippen LogP contribution in [0.15, 0.2) is 0 Å². The van der Waals surface area contributed by atoms with Crippen LogP contribution >= 0.6 is 0 Å². The van der Waals surface area contributed by atoms with Gasteiger partial charge in [-0.3, -0.25) is 4.79 Å². The number of likely N-dealkylation sites (tertiary alicyclic amines) is 1. The second-order valence-corrected chi connectivity index (χ2v) is 3.54.